The van der Waals surface area contributed by atoms with Crippen LogP contribution in [0.25, 0.3) is 11.0 Å². The number of anilines is 1. The van der Waals surface area contributed by atoms with Crippen molar-refractivity contribution in [1.29, 1.82) is 0 Å². The Kier molecular flexibility index (Phi) is 3.06. The van der Waals surface area contributed by atoms with Gasteiger partial charge in [0.15, 0.2) is 0 Å². The van der Waals surface area contributed by atoms with E-state index in [9.17, 15) is 9.59 Å². The second-order valence-corrected chi connectivity index (χ2v) is 4.97. The standard InChI is InChI=1S/C15H14N4O2/c1-9-2-4-10(5-3-9)8-19-13-12(6-11(16)7-17-13)14(20)18-15(19)21/h2-7H,8,16H2,1H3,(H,18,20,21). The van der Waals surface area contributed by atoms with Crippen molar-refractivity contribution in [2.75, 3.05) is 5.73 Å². The minimum Gasteiger partial charge on any atom is -0.397 e. The molecule has 2 heterocycles. The second kappa shape index (κ2) is 4.90. The summed E-state index contributed by atoms with van der Waals surface area (Å²) in [5, 5.41) is 0.307. The van der Waals surface area contributed by atoms with E-state index in [1.165, 1.54) is 16.8 Å². The Bertz CT molecular complexity index is 923. The number of nitrogens with one attached hydrogen (secondary N) is 1. The first-order valence-corrected chi connectivity index (χ1v) is 6.48. The normalized spacial score (nSPS) is 10.9. The van der Waals surface area contributed by atoms with Crippen LogP contribution < -0.4 is 17.0 Å². The number of benzene rings is 1. The SMILES string of the molecule is Cc1ccc(Cn2c(=O)[nH]c(=O)c3cc(N)cnc32)cc1. The molecule has 6 heteroatoms. The van der Waals surface area contributed by atoms with Gasteiger partial charge in [-0.2, -0.15) is 0 Å². The van der Waals surface area contributed by atoms with Crippen LogP contribution in [0.3, 0.4) is 0 Å². The molecule has 0 aliphatic carbocycles. The maximum Gasteiger partial charge on any atom is 0.330 e. The zero-order valence-electron chi connectivity index (χ0n) is 11.5. The first-order chi connectivity index (χ1) is 10.0. The molecule has 3 aromatic rings. The smallest absolute Gasteiger partial charge is 0.330 e. The van der Waals surface area contributed by atoms with Crippen LogP contribution in [-0.2, 0) is 6.54 Å². The van der Waals surface area contributed by atoms with E-state index in [2.05, 4.69) is 9.97 Å². The number of aromatic nitrogens is 3. The topological polar surface area (TPSA) is 93.8 Å². The molecule has 0 fully saturated rings. The lowest BCUT2D eigenvalue weighted by atomic mass is 10.1. The van der Waals surface area contributed by atoms with Crippen molar-refractivity contribution >= 4 is 16.7 Å². The molecule has 6 nitrogen and oxygen atoms in total. The van der Waals surface area contributed by atoms with Crippen LogP contribution in [0, 0.1) is 6.92 Å². The lowest BCUT2D eigenvalue weighted by Crippen LogP contribution is -2.31. The van der Waals surface area contributed by atoms with E-state index in [4.69, 9.17) is 5.73 Å². The molecule has 0 bridgehead atoms. The molecule has 0 spiro atoms. The quantitative estimate of drug-likeness (QED) is 0.734. The van der Waals surface area contributed by atoms with Crippen molar-refractivity contribution in [3.63, 3.8) is 0 Å². The van der Waals surface area contributed by atoms with Crippen LogP contribution in [0.4, 0.5) is 5.69 Å². The van der Waals surface area contributed by atoms with Gasteiger partial charge in [0.2, 0.25) is 0 Å². The van der Waals surface area contributed by atoms with E-state index in [1.807, 2.05) is 31.2 Å². The highest BCUT2D eigenvalue weighted by molar-refractivity contribution is 5.77. The number of nitrogen functional groups attached to an aromatic ring is 1. The van der Waals surface area contributed by atoms with Crippen molar-refractivity contribution in [3.05, 3.63) is 68.5 Å². The van der Waals surface area contributed by atoms with E-state index in [0.717, 1.165) is 11.1 Å². The van der Waals surface area contributed by atoms with E-state index < -0.39 is 11.2 Å². The van der Waals surface area contributed by atoms with Crippen molar-refractivity contribution in [3.8, 4) is 0 Å². The summed E-state index contributed by atoms with van der Waals surface area (Å²) in [7, 11) is 0. The van der Waals surface area contributed by atoms with Crippen LogP contribution in [-0.4, -0.2) is 14.5 Å². The predicted molar refractivity (Wildman–Crippen MR) is 81.3 cm³/mol. The number of hydrogen-bond donors (Lipinski definition) is 2. The van der Waals surface area contributed by atoms with Gasteiger partial charge in [-0.05, 0) is 18.6 Å². The summed E-state index contributed by atoms with van der Waals surface area (Å²) in [6, 6.07) is 9.34. The highest BCUT2D eigenvalue weighted by Crippen LogP contribution is 2.11. The molecule has 0 saturated carbocycles. The molecule has 3 rings (SSSR count). The third kappa shape index (κ3) is 2.43. The molecular formula is C15H14N4O2. The van der Waals surface area contributed by atoms with Gasteiger partial charge in [0.25, 0.3) is 5.56 Å². The second-order valence-electron chi connectivity index (χ2n) is 4.97. The van der Waals surface area contributed by atoms with Gasteiger partial charge in [0.05, 0.1) is 23.8 Å². The summed E-state index contributed by atoms with van der Waals surface area (Å²) >= 11 is 0. The van der Waals surface area contributed by atoms with Gasteiger partial charge in [0.1, 0.15) is 5.65 Å². The molecule has 2 aromatic heterocycles. The third-order valence-corrected chi connectivity index (χ3v) is 3.32. The van der Waals surface area contributed by atoms with Crippen molar-refractivity contribution in [1.82, 2.24) is 14.5 Å². The fourth-order valence-electron chi connectivity index (χ4n) is 2.21. The lowest BCUT2D eigenvalue weighted by molar-refractivity contribution is 0.746. The number of fused-ring (bicyclic) bond motifs is 1. The van der Waals surface area contributed by atoms with Crippen LogP contribution >= 0.6 is 0 Å². The summed E-state index contributed by atoms with van der Waals surface area (Å²) in [5.41, 5.74) is 7.50. The first kappa shape index (κ1) is 13.1. The Labute approximate surface area is 119 Å². The molecule has 0 aliphatic heterocycles. The largest absolute Gasteiger partial charge is 0.397 e. The molecule has 0 amide bonds. The molecule has 0 atom stereocenters. The summed E-state index contributed by atoms with van der Waals surface area (Å²) in [4.78, 5) is 30.3. The van der Waals surface area contributed by atoms with Crippen molar-refractivity contribution in [2.45, 2.75) is 13.5 Å². The molecule has 106 valence electrons. The number of rotatable bonds is 2. The van der Waals surface area contributed by atoms with Crippen LogP contribution in [0.1, 0.15) is 11.1 Å². The number of H-pyrrole nitrogens is 1. The van der Waals surface area contributed by atoms with E-state index in [-0.39, 0.29) is 0 Å². The summed E-state index contributed by atoms with van der Waals surface area (Å²) < 4.78 is 1.43. The minimum atomic E-state index is -0.481. The number of nitrogens with two attached hydrogens (primary N) is 1. The molecular weight excluding hydrogens is 268 g/mol. The molecule has 0 radical (unpaired) electrons. The number of aryl methyl sites for hydroxylation is 1. The highest BCUT2D eigenvalue weighted by atomic mass is 16.2. The molecule has 0 unspecified atom stereocenters. The fourth-order valence-corrected chi connectivity index (χ4v) is 2.21. The zero-order chi connectivity index (χ0) is 15.0. The minimum absolute atomic E-state index is 0.307. The molecule has 3 N–H and O–H groups in total. The molecule has 0 aliphatic rings. The Morgan fingerprint density at radius 3 is 2.67 bits per heavy atom. The summed E-state index contributed by atoms with van der Waals surface area (Å²) in [5.74, 6) is 0. The van der Waals surface area contributed by atoms with Gasteiger partial charge in [-0.1, -0.05) is 29.8 Å². The Morgan fingerprint density at radius 2 is 1.95 bits per heavy atom. The Morgan fingerprint density at radius 1 is 1.24 bits per heavy atom. The predicted octanol–water partition coefficient (Wildman–Crippen LogP) is 1.02. The average Bonchev–Trinajstić information content (AvgIpc) is 2.46. The number of aromatic amines is 1. The fraction of sp³-hybridized carbons (Fsp3) is 0.133. The lowest BCUT2D eigenvalue weighted by Gasteiger charge is -2.09. The Hall–Kier alpha value is -2.89. The van der Waals surface area contributed by atoms with Crippen molar-refractivity contribution < 1.29 is 0 Å². The zero-order valence-corrected chi connectivity index (χ0v) is 11.5. The maximum absolute atomic E-state index is 12.0. The van der Waals surface area contributed by atoms with Crippen LogP contribution in [0.5, 0.6) is 0 Å². The summed E-state index contributed by atoms with van der Waals surface area (Å²) in [6.45, 7) is 2.33. The van der Waals surface area contributed by atoms with E-state index >= 15 is 0 Å². The Balaban J connectivity index is 2.20. The maximum atomic E-state index is 12.0. The number of nitrogens with zero attached hydrogens (tertiary/aromatic N) is 2. The number of hydrogen-bond acceptors (Lipinski definition) is 4. The van der Waals surface area contributed by atoms with Gasteiger partial charge >= 0.3 is 5.69 Å². The summed E-state index contributed by atoms with van der Waals surface area (Å²) in [6.07, 6.45) is 1.44. The van der Waals surface area contributed by atoms with E-state index in [0.29, 0.717) is 23.3 Å². The van der Waals surface area contributed by atoms with Gasteiger partial charge in [0, 0.05) is 0 Å². The highest BCUT2D eigenvalue weighted by Gasteiger charge is 2.09. The average molecular weight is 282 g/mol. The van der Waals surface area contributed by atoms with Gasteiger partial charge in [-0.15, -0.1) is 0 Å². The van der Waals surface area contributed by atoms with E-state index in [1.54, 1.807) is 0 Å². The molecule has 1 aromatic carbocycles. The van der Waals surface area contributed by atoms with Crippen LogP contribution in [0.15, 0.2) is 46.1 Å². The molecule has 0 saturated heterocycles. The van der Waals surface area contributed by atoms with Crippen LogP contribution in [0.2, 0.25) is 0 Å². The van der Waals surface area contributed by atoms with Gasteiger partial charge in [-0.3, -0.25) is 14.3 Å². The van der Waals surface area contributed by atoms with Gasteiger partial charge in [-0.25, -0.2) is 9.78 Å². The molecule has 21 heavy (non-hydrogen) atoms. The van der Waals surface area contributed by atoms with Crippen molar-refractivity contribution in [2.24, 2.45) is 0 Å². The monoisotopic (exact) mass is 282 g/mol. The number of pyridine rings is 1. The van der Waals surface area contributed by atoms with Gasteiger partial charge < -0.3 is 5.73 Å². The third-order valence-electron chi connectivity index (χ3n) is 3.32. The first-order valence-electron chi connectivity index (χ1n) is 6.48.